The van der Waals surface area contributed by atoms with Gasteiger partial charge in [0.1, 0.15) is 17.3 Å². The molecule has 0 bridgehead atoms. The van der Waals surface area contributed by atoms with Gasteiger partial charge in [-0.2, -0.15) is 5.26 Å². The van der Waals surface area contributed by atoms with E-state index in [1.807, 2.05) is 6.92 Å². The summed E-state index contributed by atoms with van der Waals surface area (Å²) in [7, 11) is 1.50. The average Bonchev–Trinajstić information content (AvgIpc) is 3.47. The molecular formula is C29H27ClN4O5S. The highest BCUT2D eigenvalue weighted by molar-refractivity contribution is 8.03. The smallest absolute Gasteiger partial charge is 0.254 e. The first-order valence-corrected chi connectivity index (χ1v) is 13.7. The molecule has 1 aromatic heterocycles. The van der Waals surface area contributed by atoms with Gasteiger partial charge >= 0.3 is 0 Å². The molecule has 206 valence electrons. The molecule has 0 saturated carbocycles. The average molecular weight is 579 g/mol. The van der Waals surface area contributed by atoms with Gasteiger partial charge in [0.05, 0.1) is 59.6 Å². The van der Waals surface area contributed by atoms with Gasteiger partial charge in [0, 0.05) is 16.4 Å². The van der Waals surface area contributed by atoms with E-state index in [1.54, 1.807) is 61.5 Å². The third-order valence-corrected chi connectivity index (χ3v) is 7.18. The normalized spacial score (nSPS) is 14.7. The second-order valence-corrected chi connectivity index (χ2v) is 9.98. The maximum atomic E-state index is 13.5. The fraction of sp³-hybridized carbons (Fsp3) is 0.207. The summed E-state index contributed by atoms with van der Waals surface area (Å²) in [6, 6.07) is 17.6. The number of allylic oxidation sites excluding steroid dienone is 2. The predicted molar refractivity (Wildman–Crippen MR) is 155 cm³/mol. The van der Waals surface area contributed by atoms with Crippen molar-refractivity contribution in [2.75, 3.05) is 30.1 Å². The lowest BCUT2D eigenvalue weighted by Crippen LogP contribution is -2.31. The zero-order chi connectivity index (χ0) is 28.6. The molecule has 0 fully saturated rings. The number of carbonyl (C=O) groups excluding carboxylic acids is 2. The Morgan fingerprint density at radius 3 is 2.60 bits per heavy atom. The number of anilines is 2. The second kappa shape index (κ2) is 13.2. The molecule has 0 radical (unpaired) electrons. The number of dihydropyridines is 1. The van der Waals surface area contributed by atoms with Crippen molar-refractivity contribution >= 4 is 46.6 Å². The first kappa shape index (κ1) is 28.7. The van der Waals surface area contributed by atoms with Crippen LogP contribution in [-0.4, -0.2) is 31.3 Å². The number of nitrogens with zero attached hydrogens (tertiary/aromatic N) is 1. The molecular weight excluding hydrogens is 552 g/mol. The molecule has 9 nitrogen and oxygen atoms in total. The number of hydrogen-bond donors (Lipinski definition) is 3. The molecule has 2 aromatic carbocycles. The lowest BCUT2D eigenvalue weighted by atomic mass is 9.85. The van der Waals surface area contributed by atoms with Crippen molar-refractivity contribution in [1.29, 1.82) is 5.26 Å². The quantitative estimate of drug-likeness (QED) is 0.265. The topological polar surface area (TPSA) is 126 Å². The summed E-state index contributed by atoms with van der Waals surface area (Å²) >= 11 is 7.21. The van der Waals surface area contributed by atoms with Gasteiger partial charge in [0.15, 0.2) is 0 Å². The lowest BCUT2D eigenvalue weighted by Gasteiger charge is -2.28. The van der Waals surface area contributed by atoms with Crippen molar-refractivity contribution in [2.24, 2.45) is 0 Å². The van der Waals surface area contributed by atoms with Crippen molar-refractivity contribution in [3.05, 3.63) is 93.5 Å². The predicted octanol–water partition coefficient (Wildman–Crippen LogP) is 6.05. The van der Waals surface area contributed by atoms with Gasteiger partial charge in [-0.3, -0.25) is 9.59 Å². The molecule has 0 spiro atoms. The molecule has 4 rings (SSSR count). The van der Waals surface area contributed by atoms with Crippen LogP contribution in [0.5, 0.6) is 11.5 Å². The number of halogens is 1. The number of nitriles is 1. The standard InChI is InChI=1S/C29H27ClN4O5S/c1-4-38-20-10-8-19(9-11-20)33-28(36)26-17(2)32-29(21(15-31)27(26)24-6-5-13-39-24)40-16-25(35)34-22-14-18(30)7-12-23(22)37-3/h5-14,27,32H,4,16H2,1-3H3,(H,33,36)(H,34,35)/t27-/m0/s1. The van der Waals surface area contributed by atoms with Crippen LogP contribution in [0.1, 0.15) is 25.5 Å². The summed E-state index contributed by atoms with van der Waals surface area (Å²) in [6.45, 7) is 4.18. The van der Waals surface area contributed by atoms with Gasteiger partial charge in [0.2, 0.25) is 5.91 Å². The number of benzene rings is 2. The fourth-order valence-corrected chi connectivity index (χ4v) is 5.23. The van der Waals surface area contributed by atoms with Crippen LogP contribution in [0.25, 0.3) is 0 Å². The van der Waals surface area contributed by atoms with Gasteiger partial charge in [-0.15, -0.1) is 0 Å². The molecule has 11 heteroatoms. The number of nitrogens with one attached hydrogen (secondary N) is 3. The van der Waals surface area contributed by atoms with Crippen LogP contribution in [0.2, 0.25) is 5.02 Å². The van der Waals surface area contributed by atoms with Crippen LogP contribution in [-0.2, 0) is 9.59 Å². The van der Waals surface area contributed by atoms with Crippen molar-refractivity contribution < 1.29 is 23.5 Å². The minimum Gasteiger partial charge on any atom is -0.495 e. The molecule has 0 unspecified atom stereocenters. The number of carbonyl (C=O) groups is 2. The van der Waals surface area contributed by atoms with E-state index < -0.39 is 11.8 Å². The Bertz CT molecular complexity index is 1490. The van der Waals surface area contributed by atoms with Gasteiger partial charge < -0.3 is 29.8 Å². The zero-order valence-corrected chi connectivity index (χ0v) is 23.6. The lowest BCUT2D eigenvalue weighted by molar-refractivity contribution is -0.114. The number of rotatable bonds is 10. The van der Waals surface area contributed by atoms with E-state index >= 15 is 0 Å². The van der Waals surface area contributed by atoms with Gasteiger partial charge in [-0.1, -0.05) is 23.4 Å². The number of furan rings is 1. The third kappa shape index (κ3) is 6.62. The van der Waals surface area contributed by atoms with E-state index in [4.69, 9.17) is 25.5 Å². The molecule has 1 aliphatic rings. The third-order valence-electron chi connectivity index (χ3n) is 5.93. The maximum absolute atomic E-state index is 13.5. The summed E-state index contributed by atoms with van der Waals surface area (Å²) < 4.78 is 16.4. The van der Waals surface area contributed by atoms with Crippen molar-refractivity contribution in [2.45, 2.75) is 19.8 Å². The molecule has 2 amide bonds. The van der Waals surface area contributed by atoms with Gasteiger partial charge in [0.25, 0.3) is 5.91 Å². The summed E-state index contributed by atoms with van der Waals surface area (Å²) in [5, 5.41) is 19.9. The van der Waals surface area contributed by atoms with Gasteiger partial charge in [-0.25, -0.2) is 0 Å². The Balaban J connectivity index is 1.56. The Hall–Kier alpha value is -4.33. The molecule has 1 atom stereocenters. The summed E-state index contributed by atoms with van der Waals surface area (Å²) in [6.07, 6.45) is 1.49. The highest BCUT2D eigenvalue weighted by atomic mass is 35.5. The van der Waals surface area contributed by atoms with Crippen molar-refractivity contribution in [1.82, 2.24) is 5.32 Å². The van der Waals surface area contributed by atoms with E-state index in [-0.39, 0.29) is 17.2 Å². The first-order valence-electron chi connectivity index (χ1n) is 12.3. The molecule has 3 aromatic rings. The van der Waals surface area contributed by atoms with Crippen molar-refractivity contribution in [3.8, 4) is 17.6 Å². The minimum absolute atomic E-state index is 0.0188. The zero-order valence-electron chi connectivity index (χ0n) is 22.0. The summed E-state index contributed by atoms with van der Waals surface area (Å²) in [4.78, 5) is 26.3. The number of methoxy groups -OCH3 is 1. The number of thioether (sulfide) groups is 1. The molecule has 1 aliphatic heterocycles. The van der Waals surface area contributed by atoms with E-state index in [9.17, 15) is 14.9 Å². The van der Waals surface area contributed by atoms with Crippen molar-refractivity contribution in [3.63, 3.8) is 0 Å². The van der Waals surface area contributed by atoms with Crippen LogP contribution in [0.3, 0.4) is 0 Å². The summed E-state index contributed by atoms with van der Waals surface area (Å²) in [5.74, 6) is 0.0800. The Labute approximate surface area is 241 Å². The monoisotopic (exact) mass is 578 g/mol. The highest BCUT2D eigenvalue weighted by Gasteiger charge is 2.36. The molecule has 0 saturated heterocycles. The highest BCUT2D eigenvalue weighted by Crippen LogP contribution is 2.41. The summed E-state index contributed by atoms with van der Waals surface area (Å²) in [5.41, 5.74) is 2.13. The second-order valence-electron chi connectivity index (χ2n) is 8.56. The van der Waals surface area contributed by atoms with E-state index in [2.05, 4.69) is 22.0 Å². The van der Waals surface area contributed by atoms with Crippen LogP contribution < -0.4 is 25.4 Å². The largest absolute Gasteiger partial charge is 0.495 e. The minimum atomic E-state index is -0.775. The van der Waals surface area contributed by atoms with E-state index in [0.29, 0.717) is 56.6 Å². The Morgan fingerprint density at radius 1 is 1.18 bits per heavy atom. The molecule has 2 heterocycles. The molecule has 3 N–H and O–H groups in total. The van der Waals surface area contributed by atoms with Crippen LogP contribution in [0.15, 0.2) is 87.1 Å². The molecule has 0 aliphatic carbocycles. The first-order chi connectivity index (χ1) is 19.3. The van der Waals surface area contributed by atoms with Crippen LogP contribution >= 0.6 is 23.4 Å². The van der Waals surface area contributed by atoms with Crippen LogP contribution in [0, 0.1) is 11.3 Å². The number of ether oxygens (including phenoxy) is 2. The Kier molecular flexibility index (Phi) is 9.43. The number of amides is 2. The Morgan fingerprint density at radius 2 is 1.95 bits per heavy atom. The molecule has 40 heavy (non-hydrogen) atoms. The SMILES string of the molecule is CCOc1ccc(NC(=O)C2=C(C)NC(SCC(=O)Nc3cc(Cl)ccc3OC)=C(C#N)[C@H]2c2ccco2)cc1. The van der Waals surface area contributed by atoms with E-state index in [0.717, 1.165) is 11.8 Å². The fourth-order valence-electron chi connectivity index (χ4n) is 4.17. The van der Waals surface area contributed by atoms with Crippen LogP contribution in [0.4, 0.5) is 11.4 Å². The van der Waals surface area contributed by atoms with E-state index in [1.165, 1.54) is 13.4 Å². The van der Waals surface area contributed by atoms with Gasteiger partial charge in [-0.05, 0) is 68.4 Å². The number of hydrogen-bond acceptors (Lipinski definition) is 8. The maximum Gasteiger partial charge on any atom is 0.254 e.